The van der Waals surface area contributed by atoms with Crippen LogP contribution < -0.4 is 4.74 Å². The SMILES string of the molecule is O=[N+]([O-])c1ccc(Oc2ccc(S(=O)(=O)Cl)cc2)c(C(F)(F)F)c1. The van der Waals surface area contributed by atoms with Gasteiger partial charge in [0.15, 0.2) is 0 Å². The van der Waals surface area contributed by atoms with E-state index in [0.717, 1.165) is 36.4 Å². The summed E-state index contributed by atoms with van der Waals surface area (Å²) in [6.45, 7) is 0. The Kier molecular flexibility index (Phi) is 4.72. The molecule has 0 bridgehead atoms. The molecule has 2 aromatic carbocycles. The maximum atomic E-state index is 13.0. The molecule has 0 aliphatic carbocycles. The highest BCUT2D eigenvalue weighted by molar-refractivity contribution is 8.13. The monoisotopic (exact) mass is 381 g/mol. The molecule has 0 saturated carbocycles. The van der Waals surface area contributed by atoms with Crippen LogP contribution in [0.25, 0.3) is 0 Å². The highest BCUT2D eigenvalue weighted by Gasteiger charge is 2.36. The molecule has 0 aliphatic heterocycles. The van der Waals surface area contributed by atoms with Crippen molar-refractivity contribution in [3.8, 4) is 11.5 Å². The molecule has 0 heterocycles. The molecule has 0 aromatic heterocycles. The predicted molar refractivity (Wildman–Crippen MR) is 77.7 cm³/mol. The zero-order chi connectivity index (χ0) is 18.1. The van der Waals surface area contributed by atoms with E-state index in [-0.39, 0.29) is 10.6 Å². The van der Waals surface area contributed by atoms with Gasteiger partial charge in [0.25, 0.3) is 14.7 Å². The number of hydrogen-bond acceptors (Lipinski definition) is 5. The number of non-ortho nitro benzene ring substituents is 1. The molecular formula is C13H7ClF3NO5S. The van der Waals surface area contributed by atoms with Gasteiger partial charge < -0.3 is 4.74 Å². The van der Waals surface area contributed by atoms with E-state index >= 15 is 0 Å². The highest BCUT2D eigenvalue weighted by atomic mass is 35.7. The van der Waals surface area contributed by atoms with Crippen molar-refractivity contribution in [1.82, 2.24) is 0 Å². The number of halogens is 4. The summed E-state index contributed by atoms with van der Waals surface area (Å²) in [6, 6.07) is 6.35. The van der Waals surface area contributed by atoms with Gasteiger partial charge in [-0.05, 0) is 30.3 Å². The Bertz CT molecular complexity index is 881. The average molecular weight is 382 g/mol. The smallest absolute Gasteiger partial charge is 0.420 e. The van der Waals surface area contributed by atoms with E-state index < -0.39 is 37.2 Å². The van der Waals surface area contributed by atoms with E-state index in [1.807, 2.05) is 0 Å². The van der Waals surface area contributed by atoms with E-state index in [9.17, 15) is 31.7 Å². The second-order valence-corrected chi connectivity index (χ2v) is 7.01. The van der Waals surface area contributed by atoms with Crippen LogP contribution in [0.4, 0.5) is 18.9 Å². The third-order valence-electron chi connectivity index (χ3n) is 2.81. The zero-order valence-electron chi connectivity index (χ0n) is 11.5. The van der Waals surface area contributed by atoms with Crippen LogP contribution in [0.5, 0.6) is 11.5 Å². The van der Waals surface area contributed by atoms with Gasteiger partial charge >= 0.3 is 6.18 Å². The fourth-order valence-corrected chi connectivity index (χ4v) is 2.51. The van der Waals surface area contributed by atoms with Crippen molar-refractivity contribution in [1.29, 1.82) is 0 Å². The molecule has 6 nitrogen and oxygen atoms in total. The van der Waals surface area contributed by atoms with Crippen molar-refractivity contribution >= 4 is 25.4 Å². The van der Waals surface area contributed by atoms with Crippen LogP contribution in [-0.2, 0) is 15.2 Å². The lowest BCUT2D eigenvalue weighted by molar-refractivity contribution is -0.385. The van der Waals surface area contributed by atoms with E-state index in [4.69, 9.17) is 15.4 Å². The summed E-state index contributed by atoms with van der Waals surface area (Å²) in [6.07, 6.45) is -4.87. The van der Waals surface area contributed by atoms with Gasteiger partial charge in [-0.25, -0.2) is 8.42 Å². The lowest BCUT2D eigenvalue weighted by Gasteiger charge is -2.13. The summed E-state index contributed by atoms with van der Waals surface area (Å²) >= 11 is 0. The number of rotatable bonds is 4. The van der Waals surface area contributed by atoms with E-state index in [1.54, 1.807) is 0 Å². The number of nitrogens with zero attached hydrogens (tertiary/aromatic N) is 1. The normalized spacial score (nSPS) is 12.0. The maximum Gasteiger partial charge on any atom is 0.420 e. The van der Waals surface area contributed by atoms with Crippen LogP contribution in [0, 0.1) is 10.1 Å². The molecule has 0 amide bonds. The minimum absolute atomic E-state index is 0.0987. The highest BCUT2D eigenvalue weighted by Crippen LogP contribution is 2.40. The van der Waals surface area contributed by atoms with Crippen LogP contribution >= 0.6 is 10.7 Å². The molecule has 0 radical (unpaired) electrons. The second-order valence-electron chi connectivity index (χ2n) is 4.45. The van der Waals surface area contributed by atoms with Crippen LogP contribution in [0.3, 0.4) is 0 Å². The molecular weight excluding hydrogens is 375 g/mol. The fourth-order valence-electron chi connectivity index (χ4n) is 1.74. The largest absolute Gasteiger partial charge is 0.457 e. The Hall–Kier alpha value is -2.33. The first-order valence-corrected chi connectivity index (χ1v) is 8.37. The van der Waals surface area contributed by atoms with Gasteiger partial charge in [-0.2, -0.15) is 13.2 Å². The summed E-state index contributed by atoms with van der Waals surface area (Å²) in [7, 11) is 1.14. The first kappa shape index (κ1) is 18.0. The fraction of sp³-hybridized carbons (Fsp3) is 0.0769. The van der Waals surface area contributed by atoms with Gasteiger partial charge in [-0.1, -0.05) is 0 Å². The minimum Gasteiger partial charge on any atom is -0.457 e. The first-order chi connectivity index (χ1) is 11.0. The van der Waals surface area contributed by atoms with Gasteiger partial charge in [-0.3, -0.25) is 10.1 Å². The molecule has 0 spiro atoms. The topological polar surface area (TPSA) is 86.5 Å². The predicted octanol–water partition coefficient (Wildman–Crippen LogP) is 4.33. The van der Waals surface area contributed by atoms with E-state index in [2.05, 4.69) is 0 Å². The Morgan fingerprint density at radius 2 is 1.67 bits per heavy atom. The quantitative estimate of drug-likeness (QED) is 0.447. The molecule has 2 rings (SSSR count). The van der Waals surface area contributed by atoms with Crippen LogP contribution in [0.2, 0.25) is 0 Å². The van der Waals surface area contributed by atoms with Crippen LogP contribution in [0.1, 0.15) is 5.56 Å². The molecule has 0 N–H and O–H groups in total. The number of alkyl halides is 3. The molecule has 128 valence electrons. The maximum absolute atomic E-state index is 13.0. The van der Waals surface area contributed by atoms with Crippen molar-refractivity contribution in [2.24, 2.45) is 0 Å². The number of nitro groups is 1. The Morgan fingerprint density at radius 1 is 1.08 bits per heavy atom. The third kappa shape index (κ3) is 4.15. The Balaban J connectivity index is 2.40. The van der Waals surface area contributed by atoms with E-state index in [1.165, 1.54) is 0 Å². The summed E-state index contributed by atoms with van der Waals surface area (Å²) in [5.41, 5.74) is -2.07. The second kappa shape index (κ2) is 6.29. The number of ether oxygens (including phenoxy) is 1. The van der Waals surface area contributed by atoms with E-state index in [0.29, 0.717) is 6.07 Å². The van der Waals surface area contributed by atoms with Gasteiger partial charge in [0.2, 0.25) is 0 Å². The number of nitro benzene ring substituents is 1. The lowest BCUT2D eigenvalue weighted by atomic mass is 10.1. The lowest BCUT2D eigenvalue weighted by Crippen LogP contribution is -2.08. The third-order valence-corrected chi connectivity index (χ3v) is 4.18. The van der Waals surface area contributed by atoms with Crippen molar-refractivity contribution in [3.05, 3.63) is 58.1 Å². The van der Waals surface area contributed by atoms with Crippen LogP contribution in [-0.4, -0.2) is 13.3 Å². The molecule has 2 aromatic rings. The summed E-state index contributed by atoms with van der Waals surface area (Å²) in [5.74, 6) is -0.756. The van der Waals surface area contributed by atoms with Gasteiger partial charge in [-0.15, -0.1) is 0 Å². The first-order valence-electron chi connectivity index (χ1n) is 6.07. The molecule has 11 heteroatoms. The average Bonchev–Trinajstić information content (AvgIpc) is 2.46. The summed E-state index contributed by atoms with van der Waals surface area (Å²) in [5, 5.41) is 10.6. The van der Waals surface area contributed by atoms with Crippen LogP contribution in [0.15, 0.2) is 47.4 Å². The molecule has 0 saturated heterocycles. The van der Waals surface area contributed by atoms with Crippen molar-refractivity contribution in [2.45, 2.75) is 11.1 Å². The van der Waals surface area contributed by atoms with Crippen molar-refractivity contribution in [3.63, 3.8) is 0 Å². The minimum atomic E-state index is -4.87. The molecule has 0 aliphatic rings. The number of hydrogen-bond donors (Lipinski definition) is 0. The summed E-state index contributed by atoms with van der Waals surface area (Å²) < 4.78 is 66.3. The zero-order valence-corrected chi connectivity index (χ0v) is 13.0. The van der Waals surface area contributed by atoms with Crippen molar-refractivity contribution in [2.75, 3.05) is 0 Å². The molecule has 0 atom stereocenters. The standard InChI is InChI=1S/C13H7ClF3NO5S/c14-24(21,22)10-4-2-9(3-5-10)23-12-6-1-8(18(19)20)7-11(12)13(15,16)17/h1-7H. The Morgan fingerprint density at radius 3 is 2.12 bits per heavy atom. The Labute approximate surface area is 138 Å². The molecule has 0 fully saturated rings. The molecule has 0 unspecified atom stereocenters. The van der Waals surface area contributed by atoms with Crippen molar-refractivity contribution < 1.29 is 31.2 Å². The molecule has 24 heavy (non-hydrogen) atoms. The summed E-state index contributed by atoms with van der Waals surface area (Å²) in [4.78, 5) is 9.40. The number of benzene rings is 2. The van der Waals surface area contributed by atoms with Gasteiger partial charge in [0.05, 0.1) is 9.82 Å². The van der Waals surface area contributed by atoms with Gasteiger partial charge in [0.1, 0.15) is 17.1 Å². The van der Waals surface area contributed by atoms with Gasteiger partial charge in [0, 0.05) is 22.8 Å².